The highest BCUT2D eigenvalue weighted by molar-refractivity contribution is 5.97. The van der Waals surface area contributed by atoms with E-state index in [9.17, 15) is 4.79 Å². The molecule has 0 aromatic heterocycles. The predicted molar refractivity (Wildman–Crippen MR) is 119 cm³/mol. The monoisotopic (exact) mass is 406 g/mol. The molecule has 2 fully saturated rings. The number of rotatable bonds is 8. The van der Waals surface area contributed by atoms with E-state index in [1.165, 1.54) is 5.56 Å². The van der Waals surface area contributed by atoms with E-state index in [1.807, 2.05) is 18.2 Å². The molecular weight excluding hydrogens is 376 g/mol. The Kier molecular flexibility index (Phi) is 6.70. The van der Waals surface area contributed by atoms with Gasteiger partial charge < -0.3 is 14.8 Å². The van der Waals surface area contributed by atoms with Crippen LogP contribution in [0.2, 0.25) is 0 Å². The summed E-state index contributed by atoms with van der Waals surface area (Å²) in [6, 6.07) is 16.1. The second-order valence-corrected chi connectivity index (χ2v) is 8.04. The molecule has 1 saturated carbocycles. The fourth-order valence-electron chi connectivity index (χ4n) is 3.70. The smallest absolute Gasteiger partial charge is 0.255 e. The van der Waals surface area contributed by atoms with Crippen molar-refractivity contribution >= 4 is 12.0 Å². The summed E-state index contributed by atoms with van der Waals surface area (Å²) in [4.78, 5) is 15.0. The maximum atomic E-state index is 12.6. The molecular formula is C25H30N2O3. The number of likely N-dealkylation sites (tertiary alicyclic amines) is 1. The average Bonchev–Trinajstić information content (AvgIpc) is 3.59. The van der Waals surface area contributed by atoms with E-state index >= 15 is 0 Å². The molecule has 1 heterocycles. The Morgan fingerprint density at radius 3 is 2.57 bits per heavy atom. The lowest BCUT2D eigenvalue weighted by Crippen LogP contribution is -2.38. The predicted octanol–water partition coefficient (Wildman–Crippen LogP) is 4.14. The third kappa shape index (κ3) is 5.63. The Labute approximate surface area is 178 Å². The van der Waals surface area contributed by atoms with Gasteiger partial charge >= 0.3 is 0 Å². The molecule has 2 aromatic rings. The fourth-order valence-corrected chi connectivity index (χ4v) is 3.70. The van der Waals surface area contributed by atoms with Gasteiger partial charge in [0.25, 0.3) is 5.91 Å². The summed E-state index contributed by atoms with van der Waals surface area (Å²) >= 11 is 0. The van der Waals surface area contributed by atoms with Crippen LogP contribution < -0.4 is 14.8 Å². The van der Waals surface area contributed by atoms with Gasteiger partial charge in [-0.15, -0.1) is 0 Å². The maximum absolute atomic E-state index is 12.6. The number of benzene rings is 2. The van der Waals surface area contributed by atoms with E-state index in [1.54, 1.807) is 13.2 Å². The molecule has 0 spiro atoms. The van der Waals surface area contributed by atoms with Crippen LogP contribution in [0.15, 0.2) is 54.6 Å². The van der Waals surface area contributed by atoms with Gasteiger partial charge in [-0.05, 0) is 43.4 Å². The minimum atomic E-state index is -0.0568. The summed E-state index contributed by atoms with van der Waals surface area (Å²) in [7, 11) is 1.63. The van der Waals surface area contributed by atoms with Crippen LogP contribution in [0.5, 0.6) is 11.5 Å². The highest BCUT2D eigenvalue weighted by Crippen LogP contribution is 2.29. The first-order chi connectivity index (χ1) is 14.7. The van der Waals surface area contributed by atoms with Gasteiger partial charge in [-0.25, -0.2) is 0 Å². The van der Waals surface area contributed by atoms with Crippen molar-refractivity contribution in [2.45, 2.75) is 37.8 Å². The normalized spacial score (nSPS) is 17.8. The molecule has 158 valence electrons. The Hall–Kier alpha value is -2.79. The van der Waals surface area contributed by atoms with Gasteiger partial charge in [0.2, 0.25) is 0 Å². The molecule has 0 radical (unpaired) electrons. The molecule has 0 atom stereocenters. The molecule has 5 nitrogen and oxygen atoms in total. The first-order valence-corrected chi connectivity index (χ1v) is 10.8. The number of piperidine rings is 1. The van der Waals surface area contributed by atoms with E-state index in [0.717, 1.165) is 45.3 Å². The van der Waals surface area contributed by atoms with E-state index in [0.29, 0.717) is 23.1 Å². The Morgan fingerprint density at radius 2 is 1.87 bits per heavy atom. The van der Waals surface area contributed by atoms with Gasteiger partial charge in [-0.2, -0.15) is 0 Å². The molecule has 0 unspecified atom stereocenters. The quantitative estimate of drug-likeness (QED) is 0.716. The number of ether oxygens (including phenoxy) is 2. The lowest BCUT2D eigenvalue weighted by atomic mass is 10.1. The van der Waals surface area contributed by atoms with Crippen LogP contribution >= 0.6 is 0 Å². The van der Waals surface area contributed by atoms with Gasteiger partial charge in [0, 0.05) is 31.7 Å². The second-order valence-electron chi connectivity index (χ2n) is 8.04. The average molecular weight is 407 g/mol. The van der Waals surface area contributed by atoms with Gasteiger partial charge in [0.1, 0.15) is 17.6 Å². The molecule has 1 aliphatic carbocycles. The Morgan fingerprint density at radius 1 is 1.10 bits per heavy atom. The van der Waals surface area contributed by atoms with Gasteiger partial charge in [0.15, 0.2) is 0 Å². The van der Waals surface area contributed by atoms with Crippen LogP contribution in [0.1, 0.15) is 41.6 Å². The SMILES string of the molecule is COc1ccc(C(=O)NC2CC2)c(OC2CCN(CC=Cc3ccccc3)CC2)c1. The molecule has 1 aliphatic heterocycles. The van der Waals surface area contributed by atoms with Crippen molar-refractivity contribution in [1.29, 1.82) is 0 Å². The van der Waals surface area contributed by atoms with Crippen LogP contribution in [-0.4, -0.2) is 49.7 Å². The first kappa shape index (κ1) is 20.5. The summed E-state index contributed by atoms with van der Waals surface area (Å²) in [6.45, 7) is 2.91. The minimum absolute atomic E-state index is 0.0568. The van der Waals surface area contributed by atoms with Crippen molar-refractivity contribution in [2.75, 3.05) is 26.7 Å². The van der Waals surface area contributed by atoms with E-state index in [2.05, 4.69) is 46.6 Å². The number of carbonyl (C=O) groups excluding carboxylic acids is 1. The third-order valence-corrected chi connectivity index (χ3v) is 5.65. The largest absolute Gasteiger partial charge is 0.497 e. The number of amides is 1. The highest BCUT2D eigenvalue weighted by Gasteiger charge is 2.27. The van der Waals surface area contributed by atoms with Crippen LogP contribution in [0.25, 0.3) is 6.08 Å². The molecule has 2 aliphatic rings. The molecule has 1 amide bonds. The van der Waals surface area contributed by atoms with E-state index in [-0.39, 0.29) is 12.0 Å². The zero-order valence-corrected chi connectivity index (χ0v) is 17.5. The lowest BCUT2D eigenvalue weighted by Gasteiger charge is -2.31. The number of methoxy groups -OCH3 is 1. The topological polar surface area (TPSA) is 50.8 Å². The van der Waals surface area contributed by atoms with E-state index < -0.39 is 0 Å². The molecule has 30 heavy (non-hydrogen) atoms. The highest BCUT2D eigenvalue weighted by atomic mass is 16.5. The fraction of sp³-hybridized carbons (Fsp3) is 0.400. The van der Waals surface area contributed by atoms with Crippen molar-refractivity contribution in [2.24, 2.45) is 0 Å². The molecule has 1 saturated heterocycles. The number of hydrogen-bond acceptors (Lipinski definition) is 4. The molecule has 0 bridgehead atoms. The summed E-state index contributed by atoms with van der Waals surface area (Å²) in [6.07, 6.45) is 8.52. The van der Waals surface area contributed by atoms with Gasteiger partial charge in [0.05, 0.1) is 12.7 Å². The van der Waals surface area contributed by atoms with Crippen molar-refractivity contribution < 1.29 is 14.3 Å². The van der Waals surface area contributed by atoms with Crippen LogP contribution in [0, 0.1) is 0 Å². The van der Waals surface area contributed by atoms with E-state index in [4.69, 9.17) is 9.47 Å². The number of nitrogens with zero attached hydrogens (tertiary/aromatic N) is 1. The molecule has 1 N–H and O–H groups in total. The van der Waals surface area contributed by atoms with Crippen molar-refractivity contribution in [3.63, 3.8) is 0 Å². The number of nitrogens with one attached hydrogen (secondary N) is 1. The summed E-state index contributed by atoms with van der Waals surface area (Å²) in [5.41, 5.74) is 1.82. The van der Waals surface area contributed by atoms with Crippen LogP contribution in [0.4, 0.5) is 0 Å². The maximum Gasteiger partial charge on any atom is 0.255 e. The summed E-state index contributed by atoms with van der Waals surface area (Å²) in [5.74, 6) is 1.27. The standard InChI is InChI=1S/C25H30N2O3/c1-29-22-11-12-23(25(28)26-20-9-10-20)24(18-22)30-21-13-16-27(17-14-21)15-5-8-19-6-3-2-4-7-19/h2-8,11-12,18,20-21H,9-10,13-17H2,1H3,(H,26,28). The lowest BCUT2D eigenvalue weighted by molar-refractivity contribution is 0.0916. The first-order valence-electron chi connectivity index (χ1n) is 10.8. The Bertz CT molecular complexity index is 869. The van der Waals surface area contributed by atoms with Gasteiger partial charge in [-0.3, -0.25) is 9.69 Å². The molecule has 2 aromatic carbocycles. The van der Waals surface area contributed by atoms with Crippen molar-refractivity contribution in [3.05, 3.63) is 65.7 Å². The Balaban J connectivity index is 1.31. The number of carbonyl (C=O) groups is 1. The second kappa shape index (κ2) is 9.81. The zero-order chi connectivity index (χ0) is 20.8. The molecule has 4 rings (SSSR count). The van der Waals surface area contributed by atoms with Crippen molar-refractivity contribution in [3.8, 4) is 11.5 Å². The van der Waals surface area contributed by atoms with Gasteiger partial charge in [-0.1, -0.05) is 42.5 Å². The minimum Gasteiger partial charge on any atom is -0.497 e. The molecule has 5 heteroatoms. The van der Waals surface area contributed by atoms with Crippen LogP contribution in [-0.2, 0) is 0 Å². The summed E-state index contributed by atoms with van der Waals surface area (Å²) < 4.78 is 11.6. The zero-order valence-electron chi connectivity index (χ0n) is 17.5. The third-order valence-electron chi connectivity index (χ3n) is 5.65. The summed E-state index contributed by atoms with van der Waals surface area (Å²) in [5, 5.41) is 3.05. The van der Waals surface area contributed by atoms with Crippen molar-refractivity contribution in [1.82, 2.24) is 10.2 Å². The number of hydrogen-bond donors (Lipinski definition) is 1. The van der Waals surface area contributed by atoms with Crippen LogP contribution in [0.3, 0.4) is 0 Å².